The van der Waals surface area contributed by atoms with Gasteiger partial charge in [0.1, 0.15) is 17.2 Å². The average Bonchev–Trinajstić information content (AvgIpc) is 3.07. The Morgan fingerprint density at radius 3 is 2.57 bits per heavy atom. The lowest BCUT2D eigenvalue weighted by Crippen LogP contribution is -2.39. The molecule has 0 aromatic carbocycles. The maximum atomic E-state index is 12.5. The maximum absolute atomic E-state index is 12.5. The van der Waals surface area contributed by atoms with Crippen LogP contribution >= 0.6 is 0 Å². The smallest absolute Gasteiger partial charge is 0.274 e. The molecule has 1 aliphatic rings. The number of aryl methyl sites for hydroxylation is 1. The van der Waals surface area contributed by atoms with E-state index in [1.807, 2.05) is 35.8 Å². The van der Waals surface area contributed by atoms with Crippen molar-refractivity contribution < 1.29 is 4.79 Å². The van der Waals surface area contributed by atoms with Crippen molar-refractivity contribution in [2.75, 3.05) is 13.1 Å². The molecular weight excluding hydrogens is 354 g/mol. The highest BCUT2D eigenvalue weighted by molar-refractivity contribution is 5.92. The highest BCUT2D eigenvalue weighted by Gasteiger charge is 2.25. The van der Waals surface area contributed by atoms with Crippen molar-refractivity contribution in [1.82, 2.24) is 34.4 Å². The number of hydrogen-bond acceptors (Lipinski definition) is 6. The second-order valence-corrected chi connectivity index (χ2v) is 7.18. The van der Waals surface area contributed by atoms with Crippen LogP contribution in [0, 0.1) is 12.8 Å². The van der Waals surface area contributed by atoms with Crippen molar-refractivity contribution in [1.29, 1.82) is 0 Å². The summed E-state index contributed by atoms with van der Waals surface area (Å²) < 4.78 is 2.02. The molecule has 3 aromatic rings. The molecule has 1 amide bonds. The van der Waals surface area contributed by atoms with Gasteiger partial charge in [0, 0.05) is 38.7 Å². The number of imidazole rings is 1. The fraction of sp³-hybridized carbons (Fsp3) is 0.400. The van der Waals surface area contributed by atoms with Crippen LogP contribution in [0.5, 0.6) is 0 Å². The van der Waals surface area contributed by atoms with Gasteiger partial charge in [-0.15, -0.1) is 0 Å². The van der Waals surface area contributed by atoms with Crippen LogP contribution in [0.15, 0.2) is 37.2 Å². The minimum Gasteiger partial charge on any atom is -0.337 e. The number of rotatable bonds is 4. The van der Waals surface area contributed by atoms with Gasteiger partial charge in [-0.25, -0.2) is 15.0 Å². The molecule has 8 nitrogen and oxygen atoms in total. The Bertz CT molecular complexity index is 962. The summed E-state index contributed by atoms with van der Waals surface area (Å²) in [6.45, 7) is 3.43. The Labute approximate surface area is 163 Å². The van der Waals surface area contributed by atoms with Gasteiger partial charge in [-0.2, -0.15) is 0 Å². The lowest BCUT2D eigenvalue weighted by atomic mass is 9.92. The van der Waals surface area contributed by atoms with Crippen LogP contribution in [-0.2, 0) is 13.5 Å². The number of hydrogen-bond donors (Lipinski definition) is 0. The van der Waals surface area contributed by atoms with Gasteiger partial charge in [0.05, 0.1) is 30.0 Å². The first kappa shape index (κ1) is 18.2. The predicted molar refractivity (Wildman–Crippen MR) is 103 cm³/mol. The van der Waals surface area contributed by atoms with E-state index < -0.39 is 0 Å². The minimum absolute atomic E-state index is 0.0417. The first-order valence-electron chi connectivity index (χ1n) is 9.46. The van der Waals surface area contributed by atoms with E-state index in [1.165, 1.54) is 6.20 Å². The Morgan fingerprint density at radius 1 is 1.07 bits per heavy atom. The maximum Gasteiger partial charge on any atom is 0.274 e. The molecule has 0 atom stereocenters. The number of aromatic nitrogens is 6. The van der Waals surface area contributed by atoms with Crippen molar-refractivity contribution in [3.05, 3.63) is 54.4 Å². The lowest BCUT2D eigenvalue weighted by Gasteiger charge is -2.31. The van der Waals surface area contributed by atoms with E-state index in [9.17, 15) is 4.79 Å². The molecule has 0 aliphatic carbocycles. The summed E-state index contributed by atoms with van der Waals surface area (Å²) in [5.41, 5.74) is 3.20. The van der Waals surface area contributed by atoms with Crippen LogP contribution in [0.25, 0.3) is 11.4 Å². The third-order valence-electron chi connectivity index (χ3n) is 5.35. The molecule has 144 valence electrons. The summed E-state index contributed by atoms with van der Waals surface area (Å²) in [6.07, 6.45) is 12.9. The van der Waals surface area contributed by atoms with Crippen LogP contribution in [0.1, 0.15) is 34.8 Å². The minimum atomic E-state index is -0.0417. The van der Waals surface area contributed by atoms with Gasteiger partial charge in [-0.3, -0.25) is 14.8 Å². The monoisotopic (exact) mass is 377 g/mol. The van der Waals surface area contributed by atoms with Crippen LogP contribution in [0.4, 0.5) is 0 Å². The lowest BCUT2D eigenvalue weighted by molar-refractivity contribution is 0.0683. The van der Waals surface area contributed by atoms with Gasteiger partial charge in [0.25, 0.3) is 5.91 Å². The van der Waals surface area contributed by atoms with Crippen molar-refractivity contribution in [2.45, 2.75) is 26.2 Å². The topological polar surface area (TPSA) is 89.7 Å². The largest absolute Gasteiger partial charge is 0.337 e. The number of carbonyl (C=O) groups excluding carboxylic acids is 1. The van der Waals surface area contributed by atoms with Gasteiger partial charge >= 0.3 is 0 Å². The SMILES string of the molecule is Cc1ncc(-c2cncc(CC3CCN(C(=O)c4cnccn4)CC3)n2)n1C. The fourth-order valence-electron chi connectivity index (χ4n) is 3.58. The molecule has 3 aromatic heterocycles. The number of carbonyl (C=O) groups is 1. The molecule has 0 saturated carbocycles. The van der Waals surface area contributed by atoms with E-state index in [0.29, 0.717) is 11.6 Å². The summed E-state index contributed by atoms with van der Waals surface area (Å²) in [5.74, 6) is 1.39. The van der Waals surface area contributed by atoms with E-state index in [4.69, 9.17) is 4.98 Å². The molecule has 8 heteroatoms. The second kappa shape index (κ2) is 7.84. The first-order chi connectivity index (χ1) is 13.6. The molecule has 4 heterocycles. The fourth-order valence-corrected chi connectivity index (χ4v) is 3.58. The van der Waals surface area contributed by atoms with Crippen LogP contribution in [0.3, 0.4) is 0 Å². The zero-order chi connectivity index (χ0) is 19.5. The molecule has 1 aliphatic heterocycles. The first-order valence-corrected chi connectivity index (χ1v) is 9.46. The number of likely N-dealkylation sites (tertiary alicyclic amines) is 1. The van der Waals surface area contributed by atoms with Gasteiger partial charge in [0.2, 0.25) is 0 Å². The molecule has 0 bridgehead atoms. The summed E-state index contributed by atoms with van der Waals surface area (Å²) >= 11 is 0. The Morgan fingerprint density at radius 2 is 1.89 bits per heavy atom. The van der Waals surface area contributed by atoms with E-state index >= 15 is 0 Å². The summed E-state index contributed by atoms with van der Waals surface area (Å²) in [7, 11) is 1.98. The van der Waals surface area contributed by atoms with E-state index in [2.05, 4.69) is 19.9 Å². The van der Waals surface area contributed by atoms with Crippen molar-refractivity contribution in [2.24, 2.45) is 13.0 Å². The van der Waals surface area contributed by atoms with Crippen LogP contribution in [0.2, 0.25) is 0 Å². The van der Waals surface area contributed by atoms with E-state index in [-0.39, 0.29) is 5.91 Å². The molecular formula is C20H23N7O. The molecule has 0 N–H and O–H groups in total. The third kappa shape index (κ3) is 3.76. The molecule has 0 spiro atoms. The quantitative estimate of drug-likeness (QED) is 0.691. The van der Waals surface area contributed by atoms with Crippen molar-refractivity contribution in [3.63, 3.8) is 0 Å². The van der Waals surface area contributed by atoms with Crippen LogP contribution < -0.4 is 0 Å². The zero-order valence-corrected chi connectivity index (χ0v) is 16.1. The summed E-state index contributed by atoms with van der Waals surface area (Å²) in [5, 5.41) is 0. The molecule has 28 heavy (non-hydrogen) atoms. The molecule has 1 saturated heterocycles. The highest BCUT2D eigenvalue weighted by Crippen LogP contribution is 2.23. The van der Waals surface area contributed by atoms with Crippen molar-refractivity contribution in [3.8, 4) is 11.4 Å². The number of amides is 1. The molecule has 0 unspecified atom stereocenters. The summed E-state index contributed by atoms with van der Waals surface area (Å²) in [4.78, 5) is 35.9. The molecule has 0 radical (unpaired) electrons. The number of piperidine rings is 1. The third-order valence-corrected chi connectivity index (χ3v) is 5.35. The normalized spacial score (nSPS) is 15.0. The van der Waals surface area contributed by atoms with E-state index in [0.717, 1.165) is 55.3 Å². The summed E-state index contributed by atoms with van der Waals surface area (Å²) in [6, 6.07) is 0. The van der Waals surface area contributed by atoms with Gasteiger partial charge in [-0.1, -0.05) is 0 Å². The highest BCUT2D eigenvalue weighted by atomic mass is 16.2. The Kier molecular flexibility index (Phi) is 5.10. The molecule has 4 rings (SSSR count). The average molecular weight is 377 g/mol. The van der Waals surface area contributed by atoms with Gasteiger partial charge in [-0.05, 0) is 32.1 Å². The van der Waals surface area contributed by atoms with Gasteiger partial charge in [0.15, 0.2) is 0 Å². The van der Waals surface area contributed by atoms with Crippen LogP contribution in [-0.4, -0.2) is 53.4 Å². The number of nitrogens with zero attached hydrogens (tertiary/aromatic N) is 7. The standard InChI is InChI=1S/C20H23N7O/c1-14-24-13-19(26(14)2)17-11-22-10-16(25-17)9-15-3-7-27(8-4-15)20(28)18-12-21-5-6-23-18/h5-6,10-13,15H,3-4,7-9H2,1-2H3. The second-order valence-electron chi connectivity index (χ2n) is 7.18. The molecule has 1 fully saturated rings. The Balaban J connectivity index is 1.38. The Hall–Kier alpha value is -3.16. The van der Waals surface area contributed by atoms with Crippen molar-refractivity contribution >= 4 is 5.91 Å². The van der Waals surface area contributed by atoms with Gasteiger partial charge < -0.3 is 9.47 Å². The zero-order valence-electron chi connectivity index (χ0n) is 16.1. The van der Waals surface area contributed by atoms with E-state index in [1.54, 1.807) is 18.6 Å². The predicted octanol–water partition coefficient (Wildman–Crippen LogP) is 2.07.